The van der Waals surface area contributed by atoms with Crippen molar-refractivity contribution in [1.29, 1.82) is 0 Å². The van der Waals surface area contributed by atoms with Crippen LogP contribution < -0.4 is 5.32 Å². The van der Waals surface area contributed by atoms with Crippen molar-refractivity contribution < 1.29 is 4.79 Å². The van der Waals surface area contributed by atoms with Crippen molar-refractivity contribution in [2.75, 3.05) is 6.54 Å². The Bertz CT molecular complexity index is 662. The highest BCUT2D eigenvalue weighted by molar-refractivity contribution is 6.33. The fourth-order valence-electron chi connectivity index (χ4n) is 2.45. The molecule has 1 aromatic carbocycles. The van der Waals surface area contributed by atoms with Crippen molar-refractivity contribution in [3.05, 3.63) is 51.8 Å². The lowest BCUT2D eigenvalue weighted by atomic mass is 10.1. The Labute approximate surface area is 142 Å². The van der Waals surface area contributed by atoms with Gasteiger partial charge in [-0.2, -0.15) is 5.10 Å². The molecule has 0 spiro atoms. The quantitative estimate of drug-likeness (QED) is 0.775. The summed E-state index contributed by atoms with van der Waals surface area (Å²) in [5.74, 6) is -0.140. The lowest BCUT2D eigenvalue weighted by Gasteiger charge is -2.06. The molecule has 0 aliphatic carbocycles. The predicted molar refractivity (Wildman–Crippen MR) is 94.1 cm³/mol. The maximum absolute atomic E-state index is 12.3. The SMILES string of the molecule is CCCCCNC(=O)c1c(C)nn(Cc2ccc(C)cc2)c1Cl. The van der Waals surface area contributed by atoms with Gasteiger partial charge in [0.15, 0.2) is 0 Å². The number of nitrogens with one attached hydrogen (secondary N) is 1. The van der Waals surface area contributed by atoms with Crippen molar-refractivity contribution in [2.24, 2.45) is 0 Å². The summed E-state index contributed by atoms with van der Waals surface area (Å²) in [6.45, 7) is 7.24. The zero-order valence-corrected chi connectivity index (χ0v) is 14.8. The second kappa shape index (κ2) is 8.16. The van der Waals surface area contributed by atoms with Crippen molar-refractivity contribution in [3.8, 4) is 0 Å². The van der Waals surface area contributed by atoms with E-state index in [0.717, 1.165) is 24.8 Å². The summed E-state index contributed by atoms with van der Waals surface area (Å²) in [6, 6.07) is 8.21. The third-order valence-corrected chi connectivity index (χ3v) is 4.20. The Morgan fingerprint density at radius 2 is 1.91 bits per heavy atom. The molecule has 0 atom stereocenters. The number of amides is 1. The van der Waals surface area contributed by atoms with Crippen LogP contribution in [0.5, 0.6) is 0 Å². The number of hydrogen-bond acceptors (Lipinski definition) is 2. The van der Waals surface area contributed by atoms with Crippen LogP contribution in [0, 0.1) is 13.8 Å². The van der Waals surface area contributed by atoms with Crippen LogP contribution in [0.15, 0.2) is 24.3 Å². The van der Waals surface area contributed by atoms with Crippen LogP contribution in [0.2, 0.25) is 5.15 Å². The summed E-state index contributed by atoms with van der Waals surface area (Å²) in [6.07, 6.45) is 3.22. The fourth-order valence-corrected chi connectivity index (χ4v) is 2.77. The molecule has 2 rings (SSSR count). The molecule has 23 heavy (non-hydrogen) atoms. The van der Waals surface area contributed by atoms with E-state index in [1.807, 2.05) is 19.1 Å². The van der Waals surface area contributed by atoms with Gasteiger partial charge in [0.1, 0.15) is 5.15 Å². The third kappa shape index (κ3) is 4.58. The van der Waals surface area contributed by atoms with Crippen LogP contribution in [0.25, 0.3) is 0 Å². The smallest absolute Gasteiger partial charge is 0.256 e. The fraction of sp³-hybridized carbons (Fsp3) is 0.444. The van der Waals surface area contributed by atoms with Gasteiger partial charge in [0.2, 0.25) is 0 Å². The summed E-state index contributed by atoms with van der Waals surface area (Å²) in [5, 5.41) is 7.74. The Hall–Kier alpha value is -1.81. The van der Waals surface area contributed by atoms with Gasteiger partial charge >= 0.3 is 0 Å². The molecule has 1 heterocycles. The predicted octanol–water partition coefficient (Wildman–Crippen LogP) is 4.12. The largest absolute Gasteiger partial charge is 0.352 e. The zero-order chi connectivity index (χ0) is 16.8. The molecular weight excluding hydrogens is 310 g/mol. The lowest BCUT2D eigenvalue weighted by Crippen LogP contribution is -2.25. The number of unbranched alkanes of at least 4 members (excludes halogenated alkanes) is 2. The molecule has 0 bridgehead atoms. The van der Waals surface area contributed by atoms with Gasteiger partial charge in [0.05, 0.1) is 17.8 Å². The number of hydrogen-bond donors (Lipinski definition) is 1. The van der Waals surface area contributed by atoms with Crippen molar-refractivity contribution in [1.82, 2.24) is 15.1 Å². The van der Waals surface area contributed by atoms with Crippen LogP contribution in [-0.4, -0.2) is 22.2 Å². The lowest BCUT2D eigenvalue weighted by molar-refractivity contribution is 0.0952. The molecule has 0 aliphatic rings. The van der Waals surface area contributed by atoms with Gasteiger partial charge in [0.25, 0.3) is 5.91 Å². The average Bonchev–Trinajstić information content (AvgIpc) is 2.80. The Morgan fingerprint density at radius 3 is 2.57 bits per heavy atom. The zero-order valence-electron chi connectivity index (χ0n) is 14.0. The molecular formula is C18H24ClN3O. The van der Waals surface area contributed by atoms with Gasteiger partial charge in [-0.05, 0) is 25.8 Å². The first-order valence-electron chi connectivity index (χ1n) is 8.09. The number of aromatic nitrogens is 2. The average molecular weight is 334 g/mol. The van der Waals surface area contributed by atoms with Gasteiger partial charge in [0, 0.05) is 6.54 Å². The first-order valence-corrected chi connectivity index (χ1v) is 8.47. The molecule has 0 unspecified atom stereocenters. The van der Waals surface area contributed by atoms with Gasteiger partial charge in [-0.15, -0.1) is 0 Å². The van der Waals surface area contributed by atoms with Gasteiger partial charge in [-0.1, -0.05) is 61.2 Å². The minimum atomic E-state index is -0.140. The van der Waals surface area contributed by atoms with E-state index < -0.39 is 0 Å². The molecule has 0 aliphatic heterocycles. The minimum Gasteiger partial charge on any atom is -0.352 e. The Kier molecular flexibility index (Phi) is 6.22. The molecule has 124 valence electrons. The first kappa shape index (κ1) is 17.5. The van der Waals surface area contributed by atoms with E-state index in [9.17, 15) is 4.79 Å². The maximum Gasteiger partial charge on any atom is 0.256 e. The number of aryl methyl sites for hydroxylation is 2. The van der Waals surface area contributed by atoms with Gasteiger partial charge < -0.3 is 5.32 Å². The van der Waals surface area contributed by atoms with E-state index in [4.69, 9.17) is 11.6 Å². The normalized spacial score (nSPS) is 10.8. The molecule has 2 aromatic rings. The monoisotopic (exact) mass is 333 g/mol. The van der Waals surface area contributed by atoms with E-state index in [1.54, 1.807) is 4.68 Å². The second-order valence-electron chi connectivity index (χ2n) is 5.86. The van der Waals surface area contributed by atoms with Crippen molar-refractivity contribution in [3.63, 3.8) is 0 Å². The van der Waals surface area contributed by atoms with Crippen molar-refractivity contribution in [2.45, 2.75) is 46.6 Å². The number of carbonyl (C=O) groups is 1. The van der Waals surface area contributed by atoms with Gasteiger partial charge in [-0.25, -0.2) is 4.68 Å². The minimum absolute atomic E-state index is 0.140. The highest BCUT2D eigenvalue weighted by Crippen LogP contribution is 2.21. The van der Waals surface area contributed by atoms with Crippen LogP contribution in [0.1, 0.15) is 53.4 Å². The summed E-state index contributed by atoms with van der Waals surface area (Å²) in [5.41, 5.74) is 3.46. The Morgan fingerprint density at radius 1 is 1.22 bits per heavy atom. The molecule has 0 radical (unpaired) electrons. The summed E-state index contributed by atoms with van der Waals surface area (Å²) < 4.78 is 1.68. The van der Waals surface area contributed by atoms with E-state index in [0.29, 0.717) is 29.5 Å². The number of halogens is 1. The number of nitrogens with zero attached hydrogens (tertiary/aromatic N) is 2. The highest BCUT2D eigenvalue weighted by Gasteiger charge is 2.20. The topological polar surface area (TPSA) is 46.9 Å². The molecule has 0 saturated heterocycles. The molecule has 4 nitrogen and oxygen atoms in total. The van der Waals surface area contributed by atoms with Crippen LogP contribution in [0.4, 0.5) is 0 Å². The van der Waals surface area contributed by atoms with E-state index in [-0.39, 0.29) is 5.91 Å². The third-order valence-electron chi connectivity index (χ3n) is 3.81. The van der Waals surface area contributed by atoms with Crippen LogP contribution in [-0.2, 0) is 6.54 Å². The highest BCUT2D eigenvalue weighted by atomic mass is 35.5. The molecule has 5 heteroatoms. The van der Waals surface area contributed by atoms with Crippen LogP contribution >= 0.6 is 11.6 Å². The van der Waals surface area contributed by atoms with Gasteiger partial charge in [-0.3, -0.25) is 4.79 Å². The standard InChI is InChI=1S/C18H24ClN3O/c1-4-5-6-11-20-18(23)16-14(3)21-22(17(16)19)12-15-9-7-13(2)8-10-15/h7-10H,4-6,11-12H2,1-3H3,(H,20,23). The van der Waals surface area contributed by atoms with E-state index >= 15 is 0 Å². The molecule has 0 fully saturated rings. The van der Waals surface area contributed by atoms with Crippen LogP contribution in [0.3, 0.4) is 0 Å². The number of carbonyl (C=O) groups excluding carboxylic acids is 1. The maximum atomic E-state index is 12.3. The molecule has 1 amide bonds. The first-order chi connectivity index (χ1) is 11.0. The summed E-state index contributed by atoms with van der Waals surface area (Å²) in [7, 11) is 0. The second-order valence-corrected chi connectivity index (χ2v) is 6.22. The number of benzene rings is 1. The Balaban J connectivity index is 2.09. The van der Waals surface area contributed by atoms with E-state index in [1.165, 1.54) is 5.56 Å². The molecule has 0 saturated carbocycles. The summed E-state index contributed by atoms with van der Waals surface area (Å²) >= 11 is 6.39. The molecule has 1 N–H and O–H groups in total. The number of rotatable bonds is 7. The van der Waals surface area contributed by atoms with E-state index in [2.05, 4.69) is 36.4 Å². The van der Waals surface area contributed by atoms with Crippen molar-refractivity contribution >= 4 is 17.5 Å². The molecule has 1 aromatic heterocycles. The summed E-state index contributed by atoms with van der Waals surface area (Å²) in [4.78, 5) is 12.3.